The van der Waals surface area contributed by atoms with Crippen LogP contribution in [0.15, 0.2) is 122 Å². The summed E-state index contributed by atoms with van der Waals surface area (Å²) in [4.78, 5) is 4.27. The molecule has 0 spiro atoms. The van der Waals surface area contributed by atoms with Crippen molar-refractivity contribution in [1.29, 1.82) is 0 Å². The molecule has 0 atom stereocenters. The number of pyridine rings is 2. The lowest BCUT2D eigenvalue weighted by molar-refractivity contribution is -0.688. The van der Waals surface area contributed by atoms with E-state index in [0.29, 0.717) is 0 Å². The Bertz CT molecular complexity index is 1480. The van der Waals surface area contributed by atoms with Crippen LogP contribution in [0.2, 0.25) is 5.02 Å². The van der Waals surface area contributed by atoms with Crippen molar-refractivity contribution in [2.45, 2.75) is 19.4 Å². The number of rotatable bonds is 9. The quantitative estimate of drug-likeness (QED) is 0.198. The van der Waals surface area contributed by atoms with Crippen molar-refractivity contribution in [3.63, 3.8) is 0 Å². The topological polar surface area (TPSA) is 14.2 Å². The molecule has 0 radical (unpaired) electrons. The number of hydrogen-bond donors (Lipinski definition) is 0. The Balaban J connectivity index is 1.15. The summed E-state index contributed by atoms with van der Waals surface area (Å²) in [7, 11) is 6.19. The fraction of sp³-hybridized carbons (Fsp3) is 0.176. The van der Waals surface area contributed by atoms with Gasteiger partial charge in [-0.15, -0.1) is 0 Å². The second-order valence-corrected chi connectivity index (χ2v) is 10.5. The fourth-order valence-electron chi connectivity index (χ4n) is 4.63. The van der Waals surface area contributed by atoms with E-state index in [2.05, 4.69) is 138 Å². The van der Waals surface area contributed by atoms with Gasteiger partial charge in [0.1, 0.15) is 0 Å². The van der Waals surface area contributed by atoms with Crippen LogP contribution in [0.25, 0.3) is 5.69 Å². The zero-order chi connectivity index (χ0) is 27.2. The minimum atomic E-state index is 0.747. The highest BCUT2D eigenvalue weighted by atomic mass is 35.5. The van der Waals surface area contributed by atoms with Crippen molar-refractivity contribution in [2.75, 3.05) is 30.9 Å². The maximum absolute atomic E-state index is 6.03. The highest BCUT2D eigenvalue weighted by molar-refractivity contribution is 6.30. The molecule has 0 fully saturated rings. The number of anilines is 3. The molecule has 0 saturated carbocycles. The first-order chi connectivity index (χ1) is 18.9. The largest absolute Gasteiger partial charge is 0.377 e. The second-order valence-electron chi connectivity index (χ2n) is 10.1. The molecular formula is C34H35ClN4+2. The minimum Gasteiger partial charge on any atom is -0.377 e. The SMILES string of the molecule is CN(C)c1cc[n+](Cc2ccc(CCc3ccc(-[n+]4ccc(N(C)c5ccc(Cl)cc5)cc4)cc3)cc2)cc1. The summed E-state index contributed by atoms with van der Waals surface area (Å²) in [6.45, 7) is 0.880. The van der Waals surface area contributed by atoms with Crippen LogP contribution in [-0.4, -0.2) is 21.1 Å². The average molecular weight is 535 g/mol. The summed E-state index contributed by atoms with van der Waals surface area (Å²) in [5.41, 5.74) is 8.61. The highest BCUT2D eigenvalue weighted by Crippen LogP contribution is 2.24. The molecule has 5 rings (SSSR count). The molecule has 4 nitrogen and oxygen atoms in total. The standard InChI is InChI=1S/C34H35ClN4/c1-36(2)31-18-22-38(23-19-31)26-29-8-6-27(7-9-29)4-5-28-10-14-34(15-11-28)39-24-20-33(21-25-39)37(3)32-16-12-30(35)13-17-32/h6-25H,4-5,26H2,1-3H3/q+2. The number of halogens is 1. The van der Waals surface area contributed by atoms with Gasteiger partial charge in [-0.2, -0.15) is 4.57 Å². The molecule has 2 aromatic heterocycles. The lowest BCUT2D eigenvalue weighted by Crippen LogP contribution is -2.33. The van der Waals surface area contributed by atoms with Crippen molar-refractivity contribution >= 4 is 28.7 Å². The Kier molecular flexibility index (Phi) is 8.24. The number of nitrogens with zero attached hydrogens (tertiary/aromatic N) is 4. The highest BCUT2D eigenvalue weighted by Gasteiger charge is 2.10. The fourth-order valence-corrected chi connectivity index (χ4v) is 4.75. The maximum atomic E-state index is 6.03. The van der Waals surface area contributed by atoms with Gasteiger partial charge in [-0.1, -0.05) is 48.0 Å². The zero-order valence-corrected chi connectivity index (χ0v) is 23.6. The Morgan fingerprint density at radius 2 is 1.03 bits per heavy atom. The molecule has 5 aromatic rings. The van der Waals surface area contributed by atoms with Crippen LogP contribution in [0.3, 0.4) is 0 Å². The van der Waals surface area contributed by atoms with Crippen LogP contribution < -0.4 is 18.9 Å². The third kappa shape index (κ3) is 6.84. The van der Waals surface area contributed by atoms with E-state index in [1.54, 1.807) is 0 Å². The Hall–Kier alpha value is -4.15. The van der Waals surface area contributed by atoms with E-state index in [-0.39, 0.29) is 0 Å². The predicted octanol–water partition coefficient (Wildman–Crippen LogP) is 6.57. The molecule has 0 N–H and O–H groups in total. The molecular weight excluding hydrogens is 500 g/mol. The summed E-state index contributed by atoms with van der Waals surface area (Å²) in [6.07, 6.45) is 10.5. The van der Waals surface area contributed by atoms with Crippen LogP contribution >= 0.6 is 11.6 Å². The van der Waals surface area contributed by atoms with E-state index in [0.717, 1.165) is 41.5 Å². The first-order valence-corrected chi connectivity index (χ1v) is 13.7. The van der Waals surface area contributed by atoms with E-state index >= 15 is 0 Å². The molecule has 0 saturated heterocycles. The first-order valence-electron chi connectivity index (χ1n) is 13.3. The Morgan fingerprint density at radius 1 is 0.538 bits per heavy atom. The van der Waals surface area contributed by atoms with Crippen molar-refractivity contribution < 1.29 is 9.13 Å². The molecule has 3 aromatic carbocycles. The van der Waals surface area contributed by atoms with Gasteiger partial charge in [-0.05, 0) is 48.2 Å². The summed E-state index contributed by atoms with van der Waals surface area (Å²) in [5, 5.41) is 0.747. The summed E-state index contributed by atoms with van der Waals surface area (Å²) < 4.78 is 4.36. The van der Waals surface area contributed by atoms with E-state index in [1.807, 2.05) is 24.3 Å². The lowest BCUT2D eigenvalue weighted by atomic mass is 10.0. The van der Waals surface area contributed by atoms with Gasteiger partial charge in [0, 0.05) is 79.5 Å². The Morgan fingerprint density at radius 3 is 1.59 bits per heavy atom. The van der Waals surface area contributed by atoms with Crippen molar-refractivity contribution in [3.05, 3.63) is 144 Å². The predicted molar refractivity (Wildman–Crippen MR) is 161 cm³/mol. The molecule has 0 aliphatic rings. The maximum Gasteiger partial charge on any atom is 0.210 e. The van der Waals surface area contributed by atoms with Crippen LogP contribution in [-0.2, 0) is 19.4 Å². The number of aromatic nitrogens is 2. The summed E-state index contributed by atoms with van der Waals surface area (Å²) in [5.74, 6) is 0. The van der Waals surface area contributed by atoms with Gasteiger partial charge in [0.25, 0.3) is 0 Å². The van der Waals surface area contributed by atoms with E-state index in [4.69, 9.17) is 11.6 Å². The van der Waals surface area contributed by atoms with Crippen LogP contribution in [0.4, 0.5) is 17.1 Å². The summed E-state index contributed by atoms with van der Waals surface area (Å²) >= 11 is 6.03. The van der Waals surface area contributed by atoms with Gasteiger partial charge in [0.15, 0.2) is 31.3 Å². The molecule has 0 aliphatic heterocycles. The molecule has 0 unspecified atom stereocenters. The van der Waals surface area contributed by atoms with Gasteiger partial charge < -0.3 is 9.80 Å². The normalized spacial score (nSPS) is 10.9. The van der Waals surface area contributed by atoms with E-state index < -0.39 is 0 Å². The van der Waals surface area contributed by atoms with Gasteiger partial charge >= 0.3 is 0 Å². The van der Waals surface area contributed by atoms with Gasteiger partial charge in [0.2, 0.25) is 5.69 Å². The molecule has 0 amide bonds. The Labute approximate surface area is 237 Å². The van der Waals surface area contributed by atoms with Gasteiger partial charge in [-0.3, -0.25) is 0 Å². The molecule has 2 heterocycles. The molecule has 5 heteroatoms. The zero-order valence-electron chi connectivity index (χ0n) is 22.8. The minimum absolute atomic E-state index is 0.747. The first kappa shape index (κ1) is 26.5. The lowest BCUT2D eigenvalue weighted by Gasteiger charge is -2.18. The summed E-state index contributed by atoms with van der Waals surface area (Å²) in [6, 6.07) is 34.3. The molecule has 0 aliphatic carbocycles. The van der Waals surface area contributed by atoms with Crippen LogP contribution in [0.1, 0.15) is 16.7 Å². The monoisotopic (exact) mass is 534 g/mol. The smallest absolute Gasteiger partial charge is 0.210 e. The van der Waals surface area contributed by atoms with Crippen LogP contribution in [0, 0.1) is 0 Å². The number of aryl methyl sites for hydroxylation is 2. The van der Waals surface area contributed by atoms with E-state index in [9.17, 15) is 0 Å². The number of hydrogen-bond acceptors (Lipinski definition) is 2. The van der Waals surface area contributed by atoms with Crippen molar-refractivity contribution in [3.8, 4) is 5.69 Å². The molecule has 196 valence electrons. The van der Waals surface area contributed by atoms with Gasteiger partial charge in [-0.25, -0.2) is 4.57 Å². The molecule has 0 bridgehead atoms. The van der Waals surface area contributed by atoms with Crippen LogP contribution in [0.5, 0.6) is 0 Å². The van der Waals surface area contributed by atoms with Crippen molar-refractivity contribution in [1.82, 2.24) is 0 Å². The van der Waals surface area contributed by atoms with Crippen molar-refractivity contribution in [2.24, 2.45) is 0 Å². The van der Waals surface area contributed by atoms with Gasteiger partial charge in [0.05, 0.1) is 5.69 Å². The van der Waals surface area contributed by atoms with E-state index in [1.165, 1.54) is 22.4 Å². The third-order valence-electron chi connectivity index (χ3n) is 7.13. The molecule has 39 heavy (non-hydrogen) atoms. The second kappa shape index (κ2) is 12.1. The third-order valence-corrected chi connectivity index (χ3v) is 7.38. The average Bonchev–Trinajstić information content (AvgIpc) is 2.97. The number of benzene rings is 3.